The van der Waals surface area contributed by atoms with Crippen molar-refractivity contribution in [3.05, 3.63) is 71.8 Å². The quantitative estimate of drug-likeness (QED) is 0.878. The summed E-state index contributed by atoms with van der Waals surface area (Å²) in [6.45, 7) is 2.41. The molecule has 4 heteroatoms. The lowest BCUT2D eigenvalue weighted by molar-refractivity contribution is -0.151. The molecule has 2 aromatic carbocycles. The van der Waals surface area contributed by atoms with E-state index in [1.165, 1.54) is 0 Å². The Kier molecular flexibility index (Phi) is 3.62. The summed E-state index contributed by atoms with van der Waals surface area (Å²) in [6.07, 6.45) is 2.34. The molecule has 122 valence electrons. The number of carbonyl (C=O) groups excluding carboxylic acids is 1. The Morgan fingerprint density at radius 2 is 1.92 bits per heavy atom. The highest BCUT2D eigenvalue weighted by Crippen LogP contribution is 2.45. The molecule has 24 heavy (non-hydrogen) atoms. The molecule has 4 rings (SSSR count). The molecular formula is C20H19NO3. The number of hydrogen-bond donors (Lipinski definition) is 1. The molecule has 0 saturated carbocycles. The number of para-hydroxylation sites is 2. The number of benzene rings is 2. The van der Waals surface area contributed by atoms with Crippen LogP contribution in [0.2, 0.25) is 0 Å². The van der Waals surface area contributed by atoms with E-state index < -0.39 is 5.60 Å². The number of hydrogen-bond acceptors (Lipinski definition) is 3. The van der Waals surface area contributed by atoms with E-state index in [0.29, 0.717) is 13.0 Å². The van der Waals surface area contributed by atoms with Crippen LogP contribution in [0.5, 0.6) is 5.75 Å². The summed E-state index contributed by atoms with van der Waals surface area (Å²) < 4.78 is 12.1. The van der Waals surface area contributed by atoms with Crippen molar-refractivity contribution in [1.29, 1.82) is 0 Å². The fourth-order valence-corrected chi connectivity index (χ4v) is 3.46. The molecule has 0 fully saturated rings. The van der Waals surface area contributed by atoms with E-state index >= 15 is 0 Å². The Morgan fingerprint density at radius 1 is 1.17 bits per heavy atom. The zero-order valence-corrected chi connectivity index (χ0v) is 13.5. The van der Waals surface area contributed by atoms with Crippen LogP contribution in [-0.2, 0) is 15.1 Å². The van der Waals surface area contributed by atoms with Crippen LogP contribution in [0.4, 0.5) is 5.69 Å². The van der Waals surface area contributed by atoms with E-state index in [1.807, 2.05) is 67.6 Å². The number of ether oxygens (including phenoxy) is 2. The summed E-state index contributed by atoms with van der Waals surface area (Å²) in [5.41, 5.74) is 1.93. The third-order valence-corrected chi connectivity index (χ3v) is 4.49. The summed E-state index contributed by atoms with van der Waals surface area (Å²) in [4.78, 5) is 12.7. The first kappa shape index (κ1) is 15.0. The molecule has 2 heterocycles. The molecule has 0 aliphatic carbocycles. The number of rotatable bonds is 3. The second kappa shape index (κ2) is 5.80. The van der Waals surface area contributed by atoms with Gasteiger partial charge in [0.25, 0.3) is 5.91 Å². The molecule has 0 saturated heterocycles. The molecule has 2 aliphatic heterocycles. The van der Waals surface area contributed by atoms with Gasteiger partial charge in [0.2, 0.25) is 0 Å². The molecule has 0 aromatic heterocycles. The van der Waals surface area contributed by atoms with Gasteiger partial charge in [-0.15, -0.1) is 0 Å². The predicted molar refractivity (Wildman–Crippen MR) is 91.9 cm³/mol. The van der Waals surface area contributed by atoms with Gasteiger partial charge in [-0.2, -0.15) is 0 Å². The van der Waals surface area contributed by atoms with Gasteiger partial charge in [-0.05, 0) is 25.1 Å². The summed E-state index contributed by atoms with van der Waals surface area (Å²) in [5, 5.41) is 2.94. The molecule has 1 amide bonds. The molecule has 2 aliphatic rings. The average Bonchev–Trinajstić information content (AvgIpc) is 2.85. The van der Waals surface area contributed by atoms with Crippen LogP contribution in [-0.4, -0.2) is 18.6 Å². The topological polar surface area (TPSA) is 47.6 Å². The van der Waals surface area contributed by atoms with Gasteiger partial charge in [0, 0.05) is 17.7 Å². The van der Waals surface area contributed by atoms with E-state index in [2.05, 4.69) is 5.32 Å². The highest BCUT2D eigenvalue weighted by molar-refractivity contribution is 6.05. The maximum absolute atomic E-state index is 12.7. The Balaban J connectivity index is 1.59. The normalized spacial score (nSPS) is 25.1. The second-order valence-corrected chi connectivity index (χ2v) is 6.30. The Bertz CT molecular complexity index is 800. The number of anilines is 1. The maximum atomic E-state index is 12.7. The minimum absolute atomic E-state index is 0.0964. The highest BCUT2D eigenvalue weighted by Gasteiger charge is 2.50. The van der Waals surface area contributed by atoms with Gasteiger partial charge in [0.15, 0.2) is 5.60 Å². The zero-order chi connectivity index (χ0) is 16.6. The van der Waals surface area contributed by atoms with Crippen LogP contribution in [0.1, 0.15) is 18.9 Å². The van der Waals surface area contributed by atoms with Crippen molar-refractivity contribution in [1.82, 2.24) is 0 Å². The van der Waals surface area contributed by atoms with Gasteiger partial charge in [-0.3, -0.25) is 4.79 Å². The molecule has 0 unspecified atom stereocenters. The minimum atomic E-state index is -0.944. The Morgan fingerprint density at radius 3 is 2.75 bits per heavy atom. The molecule has 1 spiro atoms. The molecule has 2 aromatic rings. The van der Waals surface area contributed by atoms with Crippen LogP contribution < -0.4 is 10.1 Å². The summed E-state index contributed by atoms with van der Waals surface area (Å²) in [5.74, 6) is 0.698. The van der Waals surface area contributed by atoms with Crippen molar-refractivity contribution in [3.63, 3.8) is 0 Å². The van der Waals surface area contributed by atoms with E-state index in [4.69, 9.17) is 9.47 Å². The standard InChI is InChI=1S/C20H19NO3/c1-14-11-16(13-23-15-7-3-2-4-8-15)24-20(12-14)17-9-5-6-10-18(17)21-19(20)22/h2-11,16H,12-13H2,1H3,(H,21,22)/t16-,20+/m0/s1. The maximum Gasteiger partial charge on any atom is 0.261 e. The average molecular weight is 321 g/mol. The Labute approximate surface area is 141 Å². The first-order valence-corrected chi connectivity index (χ1v) is 8.11. The van der Waals surface area contributed by atoms with Gasteiger partial charge in [-0.25, -0.2) is 0 Å². The van der Waals surface area contributed by atoms with Crippen LogP contribution in [0.15, 0.2) is 66.2 Å². The van der Waals surface area contributed by atoms with Crippen molar-refractivity contribution in [2.24, 2.45) is 0 Å². The van der Waals surface area contributed by atoms with E-state index in [1.54, 1.807) is 0 Å². The van der Waals surface area contributed by atoms with Crippen LogP contribution >= 0.6 is 0 Å². The smallest absolute Gasteiger partial charge is 0.261 e. The summed E-state index contributed by atoms with van der Waals surface area (Å²) in [7, 11) is 0. The minimum Gasteiger partial charge on any atom is -0.491 e. The first-order chi connectivity index (χ1) is 11.7. The highest BCUT2D eigenvalue weighted by atomic mass is 16.6. The molecule has 2 atom stereocenters. The SMILES string of the molecule is CC1=C[C@@H](COc2ccccc2)O[C@@]2(C1)C(=O)Nc1ccccc12. The number of amides is 1. The molecule has 0 radical (unpaired) electrons. The van der Waals surface area contributed by atoms with Crippen molar-refractivity contribution in [2.45, 2.75) is 25.0 Å². The Hall–Kier alpha value is -2.59. The van der Waals surface area contributed by atoms with Crippen molar-refractivity contribution in [3.8, 4) is 5.75 Å². The predicted octanol–water partition coefficient (Wildman–Crippen LogP) is 3.65. The van der Waals surface area contributed by atoms with E-state index in [0.717, 1.165) is 22.6 Å². The number of carbonyl (C=O) groups is 1. The molecular weight excluding hydrogens is 302 g/mol. The lowest BCUT2D eigenvalue weighted by Gasteiger charge is -2.35. The van der Waals surface area contributed by atoms with Gasteiger partial charge in [0.05, 0.1) is 0 Å². The van der Waals surface area contributed by atoms with Gasteiger partial charge in [0.1, 0.15) is 18.5 Å². The van der Waals surface area contributed by atoms with Crippen LogP contribution in [0.25, 0.3) is 0 Å². The first-order valence-electron chi connectivity index (χ1n) is 8.11. The van der Waals surface area contributed by atoms with Crippen molar-refractivity contribution in [2.75, 3.05) is 11.9 Å². The van der Waals surface area contributed by atoms with E-state index in [-0.39, 0.29) is 12.0 Å². The number of nitrogens with one attached hydrogen (secondary N) is 1. The van der Waals surface area contributed by atoms with Crippen molar-refractivity contribution >= 4 is 11.6 Å². The largest absolute Gasteiger partial charge is 0.491 e. The van der Waals surface area contributed by atoms with Crippen molar-refractivity contribution < 1.29 is 14.3 Å². The lowest BCUT2D eigenvalue weighted by Crippen LogP contribution is -2.44. The summed E-state index contributed by atoms with van der Waals surface area (Å²) in [6, 6.07) is 17.4. The fraction of sp³-hybridized carbons (Fsp3) is 0.250. The molecule has 1 N–H and O–H groups in total. The number of fused-ring (bicyclic) bond motifs is 2. The van der Waals surface area contributed by atoms with E-state index in [9.17, 15) is 4.79 Å². The fourth-order valence-electron chi connectivity index (χ4n) is 3.46. The third-order valence-electron chi connectivity index (χ3n) is 4.49. The van der Waals surface area contributed by atoms with Crippen LogP contribution in [0.3, 0.4) is 0 Å². The molecule has 4 nitrogen and oxygen atoms in total. The zero-order valence-electron chi connectivity index (χ0n) is 13.5. The summed E-state index contributed by atoms with van der Waals surface area (Å²) >= 11 is 0. The van der Waals surface area contributed by atoms with Crippen LogP contribution in [0, 0.1) is 0 Å². The third kappa shape index (κ3) is 2.49. The molecule has 0 bridgehead atoms. The van der Waals surface area contributed by atoms with Gasteiger partial charge in [-0.1, -0.05) is 48.0 Å². The van der Waals surface area contributed by atoms with Gasteiger partial charge >= 0.3 is 0 Å². The second-order valence-electron chi connectivity index (χ2n) is 6.30. The lowest BCUT2D eigenvalue weighted by atomic mass is 9.85. The van der Waals surface area contributed by atoms with Gasteiger partial charge < -0.3 is 14.8 Å². The monoisotopic (exact) mass is 321 g/mol.